The lowest BCUT2D eigenvalue weighted by Crippen LogP contribution is -2.50. The second-order valence-electron chi connectivity index (χ2n) is 10.1. The zero-order valence-corrected chi connectivity index (χ0v) is 23.5. The zero-order chi connectivity index (χ0) is 28.1. The first-order valence-electron chi connectivity index (χ1n) is 13.7. The number of piperazine rings is 1. The largest absolute Gasteiger partial charge is 0.466 e. The smallest absolute Gasteiger partial charge is 0.310 e. The van der Waals surface area contributed by atoms with Crippen molar-refractivity contribution in [2.45, 2.75) is 25.5 Å². The van der Waals surface area contributed by atoms with Crippen LogP contribution in [0, 0.1) is 5.92 Å². The van der Waals surface area contributed by atoms with E-state index in [0.29, 0.717) is 69.4 Å². The van der Waals surface area contributed by atoms with Gasteiger partial charge in [-0.25, -0.2) is 8.42 Å². The maximum atomic E-state index is 14.0. The molecular weight excluding hydrogens is 530 g/mol. The summed E-state index contributed by atoms with van der Waals surface area (Å²) >= 11 is 0. The molecule has 0 amide bonds. The summed E-state index contributed by atoms with van der Waals surface area (Å²) in [6.07, 6.45) is 3.15. The van der Waals surface area contributed by atoms with Gasteiger partial charge in [0.1, 0.15) is 5.69 Å². The van der Waals surface area contributed by atoms with Crippen LogP contribution in [-0.2, 0) is 25.3 Å². The van der Waals surface area contributed by atoms with Crippen molar-refractivity contribution in [3.05, 3.63) is 82.8 Å². The van der Waals surface area contributed by atoms with E-state index in [1.807, 2.05) is 70.5 Å². The minimum atomic E-state index is -3.48. The Morgan fingerprint density at radius 3 is 2.30 bits per heavy atom. The molecule has 212 valence electrons. The summed E-state index contributed by atoms with van der Waals surface area (Å²) in [5.41, 5.74) is 2.26. The lowest BCUT2D eigenvalue weighted by atomic mass is 9.97. The summed E-state index contributed by atoms with van der Waals surface area (Å²) < 4.78 is 34.4. The summed E-state index contributed by atoms with van der Waals surface area (Å²) in [5, 5.41) is 4.50. The van der Waals surface area contributed by atoms with Gasteiger partial charge in [-0.05, 0) is 37.5 Å². The van der Waals surface area contributed by atoms with E-state index in [1.165, 1.54) is 8.99 Å². The fraction of sp³-hybridized carbons (Fsp3) is 0.414. The highest BCUT2D eigenvalue weighted by Crippen LogP contribution is 2.31. The number of hydrogen-bond donors (Lipinski definition) is 0. The van der Waals surface area contributed by atoms with Crippen molar-refractivity contribution in [3.8, 4) is 5.69 Å². The minimum Gasteiger partial charge on any atom is -0.466 e. The molecule has 0 bridgehead atoms. The zero-order valence-electron chi connectivity index (χ0n) is 22.7. The van der Waals surface area contributed by atoms with Crippen LogP contribution in [0.3, 0.4) is 0 Å². The predicted molar refractivity (Wildman–Crippen MR) is 154 cm³/mol. The van der Waals surface area contributed by atoms with E-state index in [9.17, 15) is 18.0 Å². The number of sulfonamides is 1. The number of hydrogen-bond acceptors (Lipinski definition) is 8. The van der Waals surface area contributed by atoms with E-state index < -0.39 is 10.0 Å². The lowest BCUT2D eigenvalue weighted by Gasteiger charge is -2.39. The normalized spacial score (nSPS) is 18.5. The van der Waals surface area contributed by atoms with Crippen molar-refractivity contribution in [1.29, 1.82) is 0 Å². The van der Waals surface area contributed by atoms with E-state index in [4.69, 9.17) is 4.74 Å². The number of nitrogens with zero attached hydrogens (tertiary/aromatic N) is 5. The molecule has 40 heavy (non-hydrogen) atoms. The number of carbonyl (C=O) groups is 1. The molecule has 10 nitrogen and oxygen atoms in total. The standard InChI is InChI=1S/C29H35N5O5S/c1-2-39-29(36)24-12-9-15-32(21-24)27-26(20-30-34(28(27)35)25-13-7-4-8-14-25)31-16-18-33(19-17-31)40(37,38)22-23-10-5-3-6-11-23/h3-8,10-11,13-14,20,24H,2,9,12,15-19,21-22H2,1H3. The minimum absolute atomic E-state index is 0.0448. The molecule has 2 fully saturated rings. The van der Waals surface area contributed by atoms with Gasteiger partial charge < -0.3 is 14.5 Å². The molecule has 0 spiro atoms. The van der Waals surface area contributed by atoms with Gasteiger partial charge in [0.05, 0.1) is 35.8 Å². The van der Waals surface area contributed by atoms with Gasteiger partial charge in [-0.3, -0.25) is 9.59 Å². The van der Waals surface area contributed by atoms with Crippen molar-refractivity contribution in [2.24, 2.45) is 5.92 Å². The van der Waals surface area contributed by atoms with E-state index in [2.05, 4.69) is 5.10 Å². The number of ether oxygens (including phenoxy) is 1. The number of piperidine rings is 1. The Kier molecular flexibility index (Phi) is 8.51. The number of rotatable bonds is 8. The monoisotopic (exact) mass is 565 g/mol. The first-order valence-corrected chi connectivity index (χ1v) is 15.3. The first kappa shape index (κ1) is 27.9. The van der Waals surface area contributed by atoms with Crippen molar-refractivity contribution >= 4 is 27.4 Å². The van der Waals surface area contributed by atoms with Gasteiger partial charge in [0.15, 0.2) is 0 Å². The molecule has 0 N–H and O–H groups in total. The number of anilines is 2. The molecule has 2 aromatic carbocycles. The quantitative estimate of drug-likeness (QED) is 0.384. The summed E-state index contributed by atoms with van der Waals surface area (Å²) in [6.45, 7) is 4.57. The molecule has 3 heterocycles. The molecule has 2 aliphatic rings. The van der Waals surface area contributed by atoms with Crippen LogP contribution < -0.4 is 15.4 Å². The average molecular weight is 566 g/mol. The summed E-state index contributed by atoms with van der Waals surface area (Å²) in [7, 11) is -3.48. The fourth-order valence-corrected chi connectivity index (χ4v) is 6.95. The van der Waals surface area contributed by atoms with Crippen LogP contribution in [0.15, 0.2) is 71.7 Å². The molecule has 5 rings (SSSR count). The van der Waals surface area contributed by atoms with E-state index in [1.54, 1.807) is 13.1 Å². The van der Waals surface area contributed by atoms with Crippen molar-refractivity contribution < 1.29 is 17.9 Å². The molecule has 1 unspecified atom stereocenters. The number of carbonyl (C=O) groups excluding carboxylic acids is 1. The molecule has 2 aliphatic heterocycles. The molecule has 0 radical (unpaired) electrons. The summed E-state index contributed by atoms with van der Waals surface area (Å²) in [6, 6.07) is 18.4. The van der Waals surface area contributed by atoms with Crippen LogP contribution in [0.5, 0.6) is 0 Å². The Morgan fingerprint density at radius 2 is 1.62 bits per heavy atom. The van der Waals surface area contributed by atoms with Crippen LogP contribution in [-0.4, -0.2) is 74.3 Å². The molecule has 0 saturated carbocycles. The van der Waals surface area contributed by atoms with Crippen molar-refractivity contribution in [1.82, 2.24) is 14.1 Å². The Bertz CT molecular complexity index is 1470. The Labute approximate surface area is 234 Å². The Morgan fingerprint density at radius 1 is 0.950 bits per heavy atom. The van der Waals surface area contributed by atoms with E-state index in [0.717, 1.165) is 12.0 Å². The van der Waals surface area contributed by atoms with Gasteiger partial charge in [-0.2, -0.15) is 14.1 Å². The van der Waals surface area contributed by atoms with Crippen molar-refractivity contribution in [3.63, 3.8) is 0 Å². The molecule has 0 aliphatic carbocycles. The molecule has 1 atom stereocenters. The maximum Gasteiger partial charge on any atom is 0.310 e. The highest BCUT2D eigenvalue weighted by molar-refractivity contribution is 7.88. The van der Waals surface area contributed by atoms with Gasteiger partial charge in [0.25, 0.3) is 5.56 Å². The Hall–Kier alpha value is -3.70. The molecule has 11 heteroatoms. The van der Waals surface area contributed by atoms with Gasteiger partial charge >= 0.3 is 5.97 Å². The molecule has 1 aromatic heterocycles. The van der Waals surface area contributed by atoms with Gasteiger partial charge in [0.2, 0.25) is 10.0 Å². The number of para-hydroxylation sites is 1. The second-order valence-corrected chi connectivity index (χ2v) is 12.1. The SMILES string of the molecule is CCOC(=O)C1CCCN(c2c(N3CCN(S(=O)(=O)Cc4ccccc4)CC3)cnn(-c3ccccc3)c2=O)C1. The van der Waals surface area contributed by atoms with Crippen LogP contribution in [0.1, 0.15) is 25.3 Å². The predicted octanol–water partition coefficient (Wildman–Crippen LogP) is 2.66. The maximum absolute atomic E-state index is 14.0. The van der Waals surface area contributed by atoms with Crippen LogP contribution in [0.4, 0.5) is 11.4 Å². The summed E-state index contributed by atoms with van der Waals surface area (Å²) in [4.78, 5) is 30.6. The fourth-order valence-electron chi connectivity index (χ4n) is 5.43. The number of esters is 1. The molecule has 3 aromatic rings. The van der Waals surface area contributed by atoms with E-state index in [-0.39, 0.29) is 23.2 Å². The lowest BCUT2D eigenvalue weighted by molar-refractivity contribution is -0.148. The topological polar surface area (TPSA) is 105 Å². The van der Waals surface area contributed by atoms with Crippen LogP contribution in [0.25, 0.3) is 5.69 Å². The molecular formula is C29H35N5O5S. The van der Waals surface area contributed by atoms with Gasteiger partial charge in [-0.15, -0.1) is 0 Å². The number of aromatic nitrogens is 2. The van der Waals surface area contributed by atoms with Gasteiger partial charge in [0, 0.05) is 39.3 Å². The highest BCUT2D eigenvalue weighted by atomic mass is 32.2. The molecule has 2 saturated heterocycles. The van der Waals surface area contributed by atoms with E-state index >= 15 is 0 Å². The Balaban J connectivity index is 1.42. The van der Waals surface area contributed by atoms with Crippen LogP contribution >= 0.6 is 0 Å². The van der Waals surface area contributed by atoms with Crippen LogP contribution in [0.2, 0.25) is 0 Å². The first-order chi connectivity index (χ1) is 19.4. The van der Waals surface area contributed by atoms with Gasteiger partial charge in [-0.1, -0.05) is 48.5 Å². The average Bonchev–Trinajstić information content (AvgIpc) is 2.98. The van der Waals surface area contributed by atoms with Crippen molar-refractivity contribution in [2.75, 3.05) is 55.7 Å². The second kappa shape index (κ2) is 12.2. The third kappa shape index (κ3) is 6.05. The third-order valence-corrected chi connectivity index (χ3v) is 9.31. The third-order valence-electron chi connectivity index (χ3n) is 7.46. The highest BCUT2D eigenvalue weighted by Gasteiger charge is 2.33. The number of benzene rings is 2. The summed E-state index contributed by atoms with van der Waals surface area (Å²) in [5.74, 6) is -0.612.